The molecule has 0 aliphatic carbocycles. The fraction of sp³-hybridized carbons (Fsp3) is 0.130. The molecule has 0 spiro atoms. The first-order valence-electron chi connectivity index (χ1n) is 9.28. The Morgan fingerprint density at radius 3 is 2.48 bits per heavy atom. The molecule has 144 valence electrons. The standard InChI is InChI=1S/C23H19N3O2S/c1-3-29(28)23-24-13-18-12-20(17-7-5-4-6-8-17)21(25-22(18)26-23)19-10-9-16(14-27)11-15(19)2/h4-14H,3H2,1-2H3. The van der Waals surface area contributed by atoms with E-state index in [4.69, 9.17) is 4.98 Å². The average molecular weight is 401 g/mol. The fourth-order valence-corrected chi connectivity index (χ4v) is 3.87. The average Bonchev–Trinajstić information content (AvgIpc) is 2.77. The van der Waals surface area contributed by atoms with Gasteiger partial charge in [0.05, 0.1) is 16.5 Å². The van der Waals surface area contributed by atoms with Gasteiger partial charge >= 0.3 is 0 Å². The molecule has 0 aliphatic rings. The number of aromatic nitrogens is 3. The van der Waals surface area contributed by atoms with Gasteiger partial charge in [0.2, 0.25) is 5.16 Å². The van der Waals surface area contributed by atoms with Gasteiger partial charge in [-0.3, -0.25) is 9.00 Å². The minimum Gasteiger partial charge on any atom is -0.298 e. The van der Waals surface area contributed by atoms with Crippen LogP contribution in [0.1, 0.15) is 22.8 Å². The van der Waals surface area contributed by atoms with Gasteiger partial charge in [0.1, 0.15) is 6.29 Å². The molecule has 0 fully saturated rings. The van der Waals surface area contributed by atoms with Gasteiger partial charge < -0.3 is 0 Å². The molecule has 0 saturated carbocycles. The maximum absolute atomic E-state index is 12.2. The van der Waals surface area contributed by atoms with Gasteiger partial charge in [-0.2, -0.15) is 0 Å². The second kappa shape index (κ2) is 8.01. The molecule has 2 heterocycles. The molecule has 0 aliphatic heterocycles. The molecule has 1 atom stereocenters. The number of hydrogen-bond donors (Lipinski definition) is 0. The largest absolute Gasteiger partial charge is 0.298 e. The van der Waals surface area contributed by atoms with E-state index < -0.39 is 10.8 Å². The topological polar surface area (TPSA) is 72.8 Å². The Balaban J connectivity index is 2.00. The van der Waals surface area contributed by atoms with Crippen LogP contribution < -0.4 is 0 Å². The predicted molar refractivity (Wildman–Crippen MR) is 115 cm³/mol. The third-order valence-electron chi connectivity index (χ3n) is 4.74. The summed E-state index contributed by atoms with van der Waals surface area (Å²) in [5, 5.41) is 1.07. The summed E-state index contributed by atoms with van der Waals surface area (Å²) in [5.74, 6) is 0.451. The molecule has 29 heavy (non-hydrogen) atoms. The van der Waals surface area contributed by atoms with Crippen molar-refractivity contribution in [3.63, 3.8) is 0 Å². The quantitative estimate of drug-likeness (QED) is 0.361. The highest BCUT2D eigenvalue weighted by Gasteiger charge is 2.16. The molecule has 4 aromatic rings. The van der Waals surface area contributed by atoms with E-state index in [0.717, 1.165) is 39.6 Å². The molecule has 4 rings (SSSR count). The smallest absolute Gasteiger partial charge is 0.220 e. The lowest BCUT2D eigenvalue weighted by molar-refractivity contribution is 0.112. The number of carbonyl (C=O) groups excluding carboxylic acids is 1. The Morgan fingerprint density at radius 2 is 1.79 bits per heavy atom. The molecular weight excluding hydrogens is 382 g/mol. The summed E-state index contributed by atoms with van der Waals surface area (Å²) in [5.41, 5.74) is 5.75. The zero-order chi connectivity index (χ0) is 20.4. The molecule has 5 nitrogen and oxygen atoms in total. The van der Waals surface area contributed by atoms with Crippen molar-refractivity contribution in [1.29, 1.82) is 0 Å². The number of nitrogens with zero attached hydrogens (tertiary/aromatic N) is 3. The van der Waals surface area contributed by atoms with Crippen LogP contribution in [0.4, 0.5) is 0 Å². The van der Waals surface area contributed by atoms with Crippen LogP contribution in [0.2, 0.25) is 0 Å². The minimum atomic E-state index is -1.25. The van der Waals surface area contributed by atoms with Crippen LogP contribution in [0.3, 0.4) is 0 Å². The number of benzene rings is 2. The van der Waals surface area contributed by atoms with E-state index in [2.05, 4.69) is 9.97 Å². The summed E-state index contributed by atoms with van der Waals surface area (Å²) in [4.78, 5) is 24.7. The van der Waals surface area contributed by atoms with Crippen molar-refractivity contribution in [1.82, 2.24) is 15.0 Å². The summed E-state index contributed by atoms with van der Waals surface area (Å²) in [7, 11) is -1.25. The third kappa shape index (κ3) is 3.71. The van der Waals surface area contributed by atoms with Gasteiger partial charge in [0.15, 0.2) is 5.65 Å². The lowest BCUT2D eigenvalue weighted by Crippen LogP contribution is -2.03. The minimum absolute atomic E-state index is 0.291. The van der Waals surface area contributed by atoms with Gasteiger partial charge in [0, 0.05) is 34.0 Å². The van der Waals surface area contributed by atoms with E-state index in [9.17, 15) is 9.00 Å². The second-order valence-corrected chi connectivity index (χ2v) is 8.28. The third-order valence-corrected chi connectivity index (χ3v) is 5.87. The number of pyridine rings is 1. The molecule has 0 N–H and O–H groups in total. The van der Waals surface area contributed by atoms with Crippen LogP contribution in [0.15, 0.2) is 66.0 Å². The van der Waals surface area contributed by atoms with Crippen molar-refractivity contribution in [3.8, 4) is 22.4 Å². The van der Waals surface area contributed by atoms with Crippen molar-refractivity contribution in [2.45, 2.75) is 19.0 Å². The zero-order valence-corrected chi connectivity index (χ0v) is 16.9. The second-order valence-electron chi connectivity index (χ2n) is 6.64. The lowest BCUT2D eigenvalue weighted by Gasteiger charge is -2.13. The van der Waals surface area contributed by atoms with Crippen LogP contribution in [0.25, 0.3) is 33.4 Å². The molecule has 1 unspecified atom stereocenters. The predicted octanol–water partition coefficient (Wildman–Crippen LogP) is 4.61. The van der Waals surface area contributed by atoms with Crippen LogP contribution in [0, 0.1) is 6.92 Å². The molecule has 2 aromatic heterocycles. The summed E-state index contributed by atoms with van der Waals surface area (Å²) >= 11 is 0. The normalized spacial score (nSPS) is 12.1. The molecular formula is C23H19N3O2S. The van der Waals surface area contributed by atoms with E-state index in [1.807, 2.05) is 62.4 Å². The van der Waals surface area contributed by atoms with Crippen molar-refractivity contribution in [2.75, 3.05) is 5.75 Å². The van der Waals surface area contributed by atoms with Crippen LogP contribution >= 0.6 is 0 Å². The highest BCUT2D eigenvalue weighted by Crippen LogP contribution is 2.34. The van der Waals surface area contributed by atoms with E-state index in [0.29, 0.717) is 22.1 Å². The van der Waals surface area contributed by atoms with E-state index in [-0.39, 0.29) is 0 Å². The monoisotopic (exact) mass is 401 g/mol. The number of aldehydes is 1. The van der Waals surface area contributed by atoms with Crippen LogP contribution in [-0.2, 0) is 10.8 Å². The molecule has 2 aromatic carbocycles. The molecule has 0 amide bonds. The fourth-order valence-electron chi connectivity index (χ4n) is 3.26. The Hall–Kier alpha value is -3.25. The summed E-state index contributed by atoms with van der Waals surface area (Å²) in [6.45, 7) is 3.79. The van der Waals surface area contributed by atoms with Gasteiger partial charge in [-0.1, -0.05) is 49.4 Å². The number of fused-ring (bicyclic) bond motifs is 1. The van der Waals surface area contributed by atoms with E-state index in [1.165, 1.54) is 0 Å². The summed E-state index contributed by atoms with van der Waals surface area (Å²) < 4.78 is 12.2. The van der Waals surface area contributed by atoms with Gasteiger partial charge in [-0.25, -0.2) is 15.0 Å². The van der Waals surface area contributed by atoms with Crippen molar-refractivity contribution >= 4 is 28.1 Å². The number of carbonyl (C=O) groups is 1. The SMILES string of the molecule is CCS(=O)c1ncc2cc(-c3ccccc3)c(-c3ccc(C=O)cc3C)nc2n1. The van der Waals surface area contributed by atoms with Gasteiger partial charge in [-0.15, -0.1) is 0 Å². The highest BCUT2D eigenvalue weighted by atomic mass is 32.2. The zero-order valence-electron chi connectivity index (χ0n) is 16.1. The molecule has 0 radical (unpaired) electrons. The van der Waals surface area contributed by atoms with Gasteiger partial charge in [-0.05, 0) is 30.2 Å². The number of hydrogen-bond acceptors (Lipinski definition) is 5. The maximum Gasteiger partial charge on any atom is 0.220 e. The van der Waals surface area contributed by atoms with Crippen molar-refractivity contribution < 1.29 is 9.00 Å². The first-order chi connectivity index (χ1) is 14.1. The Morgan fingerprint density at radius 1 is 1.00 bits per heavy atom. The Labute approximate surface area is 171 Å². The van der Waals surface area contributed by atoms with E-state index >= 15 is 0 Å². The number of aryl methyl sites for hydroxylation is 1. The number of rotatable bonds is 5. The lowest BCUT2D eigenvalue weighted by atomic mass is 9.95. The van der Waals surface area contributed by atoms with Crippen molar-refractivity contribution in [3.05, 3.63) is 71.9 Å². The van der Waals surface area contributed by atoms with Gasteiger partial charge in [0.25, 0.3) is 0 Å². The first-order valence-corrected chi connectivity index (χ1v) is 10.6. The maximum atomic E-state index is 12.2. The Bertz CT molecular complexity index is 1240. The van der Waals surface area contributed by atoms with Crippen molar-refractivity contribution in [2.24, 2.45) is 0 Å². The molecule has 0 bridgehead atoms. The Kier molecular flexibility index (Phi) is 5.27. The molecule has 0 saturated heterocycles. The summed E-state index contributed by atoms with van der Waals surface area (Å²) in [6.07, 6.45) is 2.51. The molecule has 6 heteroatoms. The first kappa shape index (κ1) is 19.1. The van der Waals surface area contributed by atoms with Crippen LogP contribution in [0.5, 0.6) is 0 Å². The van der Waals surface area contributed by atoms with Crippen LogP contribution in [-0.4, -0.2) is 31.2 Å². The highest BCUT2D eigenvalue weighted by molar-refractivity contribution is 7.84. The summed E-state index contributed by atoms with van der Waals surface area (Å²) in [6, 6.07) is 17.5. The van der Waals surface area contributed by atoms with E-state index in [1.54, 1.807) is 12.3 Å².